The minimum Gasteiger partial charge on any atom is -0.369 e. The van der Waals surface area contributed by atoms with Gasteiger partial charge >= 0.3 is 0 Å². The maximum absolute atomic E-state index is 12.7. The topological polar surface area (TPSA) is 63.4 Å². The van der Waals surface area contributed by atoms with Crippen LogP contribution in [0, 0.1) is 11.3 Å². The summed E-state index contributed by atoms with van der Waals surface area (Å²) in [5.74, 6) is 0.106. The Morgan fingerprint density at radius 2 is 1.93 bits per heavy atom. The lowest BCUT2D eigenvalue weighted by Crippen LogP contribution is -2.54. The highest BCUT2D eigenvalue weighted by atomic mass is 32.1. The van der Waals surface area contributed by atoms with Gasteiger partial charge in [-0.2, -0.15) is 0 Å². The van der Waals surface area contributed by atoms with Crippen LogP contribution < -0.4 is 5.73 Å². The van der Waals surface area contributed by atoms with E-state index in [0.717, 1.165) is 44.2 Å². The molecule has 0 bridgehead atoms. The molecule has 2 aliphatic rings. The van der Waals surface area contributed by atoms with Crippen LogP contribution in [0.2, 0.25) is 0 Å². The second-order valence-corrected chi connectivity index (χ2v) is 8.93. The van der Waals surface area contributed by atoms with E-state index in [-0.39, 0.29) is 17.7 Å². The molecule has 142 valence electrons. The summed E-state index contributed by atoms with van der Waals surface area (Å²) in [5, 5.41) is 2.07. The van der Waals surface area contributed by atoms with E-state index in [1.165, 1.54) is 10.4 Å². The summed E-state index contributed by atoms with van der Waals surface area (Å²) in [7, 11) is 0. The van der Waals surface area contributed by atoms with E-state index in [2.05, 4.69) is 35.7 Å². The Morgan fingerprint density at radius 1 is 1.15 bits per heavy atom. The summed E-state index contributed by atoms with van der Waals surface area (Å²) in [4.78, 5) is 28.3. The van der Waals surface area contributed by atoms with Gasteiger partial charge in [-0.3, -0.25) is 9.59 Å². The fraction of sp³-hybridized carbons (Fsp3) is 0.455. The SMILES string of the molecule is NC(=O)[C@@]1(Cc2ccc(-c3cccs3)cc2)CCCN(C(=O)C2CCC2)C1. The normalized spacial score (nSPS) is 23.0. The maximum Gasteiger partial charge on any atom is 0.225 e. The summed E-state index contributed by atoms with van der Waals surface area (Å²) in [6, 6.07) is 12.5. The van der Waals surface area contributed by atoms with Gasteiger partial charge in [-0.05, 0) is 54.7 Å². The number of benzene rings is 1. The molecular formula is C22H26N2O2S. The number of nitrogens with two attached hydrogens (primary N) is 1. The molecule has 1 aromatic carbocycles. The van der Waals surface area contributed by atoms with Crippen molar-refractivity contribution in [2.24, 2.45) is 17.1 Å². The molecule has 4 nitrogen and oxygen atoms in total. The van der Waals surface area contributed by atoms with Gasteiger partial charge in [0.1, 0.15) is 0 Å². The zero-order valence-corrected chi connectivity index (χ0v) is 16.3. The van der Waals surface area contributed by atoms with E-state index in [1.54, 1.807) is 11.3 Å². The highest BCUT2D eigenvalue weighted by Crippen LogP contribution is 2.37. The third kappa shape index (κ3) is 3.65. The monoisotopic (exact) mass is 382 g/mol. The lowest BCUT2D eigenvalue weighted by molar-refractivity contribution is -0.145. The number of thiophene rings is 1. The van der Waals surface area contributed by atoms with Gasteiger partial charge in [-0.15, -0.1) is 11.3 Å². The second-order valence-electron chi connectivity index (χ2n) is 7.99. The fourth-order valence-electron chi connectivity index (χ4n) is 4.29. The lowest BCUT2D eigenvalue weighted by atomic mass is 9.73. The van der Waals surface area contributed by atoms with Crippen molar-refractivity contribution in [1.29, 1.82) is 0 Å². The zero-order chi connectivity index (χ0) is 18.9. The largest absolute Gasteiger partial charge is 0.369 e. The predicted octanol–water partition coefficient (Wildman–Crippen LogP) is 3.85. The molecule has 2 aromatic rings. The molecule has 2 N–H and O–H groups in total. The third-order valence-corrected chi connectivity index (χ3v) is 7.09. The molecule has 5 heteroatoms. The first-order chi connectivity index (χ1) is 13.1. The van der Waals surface area contributed by atoms with E-state index >= 15 is 0 Å². The molecule has 1 saturated heterocycles. The zero-order valence-electron chi connectivity index (χ0n) is 15.5. The average Bonchev–Trinajstić information content (AvgIpc) is 3.15. The molecule has 27 heavy (non-hydrogen) atoms. The first-order valence-corrected chi connectivity index (χ1v) is 10.7. The average molecular weight is 383 g/mol. The Morgan fingerprint density at radius 3 is 2.52 bits per heavy atom. The molecule has 1 aliphatic carbocycles. The number of carbonyl (C=O) groups excluding carboxylic acids is 2. The molecule has 0 spiro atoms. The van der Waals surface area contributed by atoms with Gasteiger partial charge < -0.3 is 10.6 Å². The van der Waals surface area contributed by atoms with Crippen LogP contribution in [-0.2, 0) is 16.0 Å². The molecule has 2 amide bonds. The van der Waals surface area contributed by atoms with Gasteiger partial charge in [0, 0.05) is 23.9 Å². The van der Waals surface area contributed by atoms with Crippen LogP contribution in [0.3, 0.4) is 0 Å². The number of amides is 2. The first-order valence-electron chi connectivity index (χ1n) is 9.79. The number of hydrogen-bond acceptors (Lipinski definition) is 3. The summed E-state index contributed by atoms with van der Waals surface area (Å²) < 4.78 is 0. The maximum atomic E-state index is 12.7. The minimum absolute atomic E-state index is 0.166. The van der Waals surface area contributed by atoms with Gasteiger partial charge in [0.25, 0.3) is 0 Å². The van der Waals surface area contributed by atoms with Crippen LogP contribution in [0.1, 0.15) is 37.7 Å². The summed E-state index contributed by atoms with van der Waals surface area (Å²) in [6.45, 7) is 1.21. The fourth-order valence-corrected chi connectivity index (χ4v) is 5.02. The van der Waals surface area contributed by atoms with Crippen LogP contribution in [0.5, 0.6) is 0 Å². The Labute approximate surface area is 164 Å². The molecule has 0 unspecified atom stereocenters. The van der Waals surface area contributed by atoms with Crippen molar-refractivity contribution in [1.82, 2.24) is 4.90 Å². The van der Waals surface area contributed by atoms with E-state index in [4.69, 9.17) is 5.73 Å². The number of likely N-dealkylation sites (tertiary alicyclic amines) is 1. The molecule has 1 atom stereocenters. The Balaban J connectivity index is 1.51. The van der Waals surface area contributed by atoms with Crippen molar-refractivity contribution in [3.05, 3.63) is 47.3 Å². The molecular weight excluding hydrogens is 356 g/mol. The van der Waals surface area contributed by atoms with Crippen molar-refractivity contribution < 1.29 is 9.59 Å². The first kappa shape index (κ1) is 18.2. The van der Waals surface area contributed by atoms with Crippen molar-refractivity contribution in [3.8, 4) is 10.4 Å². The number of rotatable bonds is 5. The Hall–Kier alpha value is -2.14. The molecule has 2 heterocycles. The van der Waals surface area contributed by atoms with Crippen LogP contribution >= 0.6 is 11.3 Å². The van der Waals surface area contributed by atoms with Crippen LogP contribution in [-0.4, -0.2) is 29.8 Å². The van der Waals surface area contributed by atoms with Gasteiger partial charge in [-0.25, -0.2) is 0 Å². The highest BCUT2D eigenvalue weighted by Gasteiger charge is 2.43. The van der Waals surface area contributed by atoms with E-state index < -0.39 is 5.41 Å². The number of hydrogen-bond donors (Lipinski definition) is 1. The quantitative estimate of drug-likeness (QED) is 0.854. The Kier molecular flexibility index (Phi) is 5.04. The number of piperidine rings is 1. The van der Waals surface area contributed by atoms with Crippen LogP contribution in [0.4, 0.5) is 0 Å². The van der Waals surface area contributed by atoms with Gasteiger partial charge in [0.2, 0.25) is 11.8 Å². The number of carbonyl (C=O) groups is 2. The molecule has 1 saturated carbocycles. The van der Waals surface area contributed by atoms with Gasteiger partial charge in [0.15, 0.2) is 0 Å². The molecule has 0 radical (unpaired) electrons. The third-order valence-electron chi connectivity index (χ3n) is 6.17. The predicted molar refractivity (Wildman–Crippen MR) is 108 cm³/mol. The van der Waals surface area contributed by atoms with Gasteiger partial charge in [0.05, 0.1) is 5.41 Å². The second kappa shape index (κ2) is 7.47. The van der Waals surface area contributed by atoms with E-state index in [1.807, 2.05) is 11.0 Å². The van der Waals surface area contributed by atoms with Crippen molar-refractivity contribution in [2.45, 2.75) is 38.5 Å². The summed E-state index contributed by atoms with van der Waals surface area (Å²) in [6.07, 6.45) is 5.31. The van der Waals surface area contributed by atoms with Gasteiger partial charge in [-0.1, -0.05) is 36.8 Å². The van der Waals surface area contributed by atoms with Crippen LogP contribution in [0.25, 0.3) is 10.4 Å². The standard InChI is InChI=1S/C22H26N2O2S/c23-21(26)22(11-3-12-24(15-22)20(25)18-4-1-5-18)14-16-7-9-17(10-8-16)19-6-2-13-27-19/h2,6-10,13,18H,1,3-5,11-12,14-15H2,(H2,23,26)/t22-/m1/s1. The smallest absolute Gasteiger partial charge is 0.225 e. The van der Waals surface area contributed by atoms with Crippen molar-refractivity contribution in [2.75, 3.05) is 13.1 Å². The molecule has 1 aliphatic heterocycles. The molecule has 2 fully saturated rings. The van der Waals surface area contributed by atoms with Crippen molar-refractivity contribution in [3.63, 3.8) is 0 Å². The van der Waals surface area contributed by atoms with E-state index in [0.29, 0.717) is 13.0 Å². The minimum atomic E-state index is -0.651. The molecule has 1 aromatic heterocycles. The highest BCUT2D eigenvalue weighted by molar-refractivity contribution is 7.13. The summed E-state index contributed by atoms with van der Waals surface area (Å²) >= 11 is 1.72. The molecule has 4 rings (SSSR count). The van der Waals surface area contributed by atoms with Crippen LogP contribution in [0.15, 0.2) is 41.8 Å². The summed E-state index contributed by atoms with van der Waals surface area (Å²) in [5.41, 5.74) is 7.51. The number of primary amides is 1. The van der Waals surface area contributed by atoms with Crippen molar-refractivity contribution >= 4 is 23.2 Å². The lowest BCUT2D eigenvalue weighted by Gasteiger charge is -2.43. The number of nitrogens with zero attached hydrogens (tertiary/aromatic N) is 1. The van der Waals surface area contributed by atoms with E-state index in [9.17, 15) is 9.59 Å². The Bertz CT molecular complexity index is 811.